The van der Waals surface area contributed by atoms with Crippen LogP contribution in [-0.2, 0) is 41.7 Å². The van der Waals surface area contributed by atoms with Crippen molar-refractivity contribution >= 4 is 18.0 Å². The Morgan fingerprint density at radius 3 is 1.97 bits per heavy atom. The van der Waals surface area contributed by atoms with Crippen molar-refractivity contribution in [2.24, 2.45) is 0 Å². The lowest BCUT2D eigenvalue weighted by Gasteiger charge is -2.30. The molecule has 2 amide bonds. The Kier molecular flexibility index (Phi) is 11.4. The van der Waals surface area contributed by atoms with Crippen LogP contribution < -0.4 is 5.32 Å². The number of amides is 2. The molecule has 0 fully saturated rings. The molecule has 2 aromatic carbocycles. The second kappa shape index (κ2) is 14.2. The van der Waals surface area contributed by atoms with E-state index in [1.165, 1.54) is 19.1 Å². The summed E-state index contributed by atoms with van der Waals surface area (Å²) in [6.45, 7) is 5.50. The topological polar surface area (TPSA) is 103 Å². The summed E-state index contributed by atoms with van der Waals surface area (Å²) in [6, 6.07) is 17.3. The number of ether oxygens (including phenoxy) is 4. The number of hydrogen-bond acceptors (Lipinski definition) is 7. The van der Waals surface area contributed by atoms with Gasteiger partial charge in [-0.15, -0.1) is 0 Å². The van der Waals surface area contributed by atoms with Crippen LogP contribution in [0.1, 0.15) is 38.3 Å². The molecule has 9 nitrogen and oxygen atoms in total. The number of carbonyl (C=O) groups is 3. The van der Waals surface area contributed by atoms with E-state index < -0.39 is 35.9 Å². The average molecular weight is 501 g/mol. The number of hydrogen-bond donors (Lipinski definition) is 1. The molecule has 1 N–H and O–H groups in total. The summed E-state index contributed by atoms with van der Waals surface area (Å²) < 4.78 is 21.3. The molecule has 2 aromatic rings. The van der Waals surface area contributed by atoms with Gasteiger partial charge in [0.25, 0.3) is 0 Å². The highest BCUT2D eigenvalue weighted by molar-refractivity contribution is 5.89. The van der Waals surface area contributed by atoms with E-state index in [2.05, 4.69) is 5.32 Å². The molecule has 0 aliphatic rings. The van der Waals surface area contributed by atoms with Gasteiger partial charge >= 0.3 is 12.1 Å². The van der Waals surface area contributed by atoms with E-state index in [1.54, 1.807) is 20.8 Å². The van der Waals surface area contributed by atoms with E-state index in [-0.39, 0.29) is 26.1 Å². The van der Waals surface area contributed by atoms with Crippen molar-refractivity contribution in [1.82, 2.24) is 10.2 Å². The fourth-order valence-corrected chi connectivity index (χ4v) is 3.34. The Labute approximate surface area is 212 Å². The second-order valence-electron chi connectivity index (χ2n) is 9.15. The zero-order chi connectivity index (χ0) is 26.6. The van der Waals surface area contributed by atoms with Crippen LogP contribution in [0.25, 0.3) is 0 Å². The lowest BCUT2D eigenvalue weighted by atomic mass is 10.1. The van der Waals surface area contributed by atoms with Gasteiger partial charge in [0.2, 0.25) is 5.91 Å². The minimum atomic E-state index is -1.22. The molecule has 1 atom stereocenters. The number of rotatable bonds is 12. The van der Waals surface area contributed by atoms with Gasteiger partial charge < -0.3 is 29.2 Å². The summed E-state index contributed by atoms with van der Waals surface area (Å²) in [7, 11) is 2.94. The Morgan fingerprint density at radius 1 is 0.889 bits per heavy atom. The monoisotopic (exact) mass is 500 g/mol. The molecule has 0 saturated heterocycles. The highest BCUT2D eigenvalue weighted by Crippen LogP contribution is 2.14. The van der Waals surface area contributed by atoms with Gasteiger partial charge in [-0.25, -0.2) is 4.79 Å². The first-order valence-corrected chi connectivity index (χ1v) is 11.7. The van der Waals surface area contributed by atoms with E-state index in [0.29, 0.717) is 0 Å². The Bertz CT molecular complexity index is 957. The molecule has 36 heavy (non-hydrogen) atoms. The number of nitrogens with one attached hydrogen (secondary N) is 1. The third-order valence-electron chi connectivity index (χ3n) is 5.02. The molecule has 0 unspecified atom stereocenters. The van der Waals surface area contributed by atoms with Crippen LogP contribution in [0.4, 0.5) is 4.79 Å². The number of alkyl carbamates (subject to hydrolysis) is 1. The quantitative estimate of drug-likeness (QED) is 0.350. The van der Waals surface area contributed by atoms with Gasteiger partial charge in [-0.1, -0.05) is 60.7 Å². The van der Waals surface area contributed by atoms with Crippen molar-refractivity contribution in [2.75, 3.05) is 20.8 Å². The number of benzene rings is 2. The van der Waals surface area contributed by atoms with Crippen molar-refractivity contribution in [3.05, 3.63) is 71.8 Å². The van der Waals surface area contributed by atoms with Crippen LogP contribution in [0.2, 0.25) is 0 Å². The van der Waals surface area contributed by atoms with Crippen LogP contribution in [0.5, 0.6) is 0 Å². The lowest BCUT2D eigenvalue weighted by molar-refractivity contribution is -0.159. The first kappa shape index (κ1) is 28.8. The van der Waals surface area contributed by atoms with Crippen LogP contribution in [0, 0.1) is 0 Å². The smallest absolute Gasteiger partial charge is 0.408 e. The third-order valence-corrected chi connectivity index (χ3v) is 5.02. The third kappa shape index (κ3) is 10.5. The molecule has 9 heteroatoms. The van der Waals surface area contributed by atoms with Gasteiger partial charge in [0.05, 0.1) is 13.0 Å². The van der Waals surface area contributed by atoms with Gasteiger partial charge in [-0.05, 0) is 31.9 Å². The van der Waals surface area contributed by atoms with Crippen molar-refractivity contribution in [2.45, 2.75) is 58.3 Å². The number of esters is 1. The average Bonchev–Trinajstić information content (AvgIpc) is 2.84. The summed E-state index contributed by atoms with van der Waals surface area (Å²) in [5.74, 6) is -1.13. The van der Waals surface area contributed by atoms with Gasteiger partial charge in [0.1, 0.15) is 18.2 Å². The van der Waals surface area contributed by atoms with Crippen LogP contribution in [-0.4, -0.2) is 61.6 Å². The van der Waals surface area contributed by atoms with Crippen molar-refractivity contribution in [3.8, 4) is 0 Å². The first-order chi connectivity index (χ1) is 17.1. The molecule has 2 rings (SSSR count). The van der Waals surface area contributed by atoms with E-state index in [1.807, 2.05) is 60.7 Å². The van der Waals surface area contributed by atoms with Crippen LogP contribution in [0.3, 0.4) is 0 Å². The predicted molar refractivity (Wildman–Crippen MR) is 134 cm³/mol. The highest BCUT2D eigenvalue weighted by Gasteiger charge is 2.32. The van der Waals surface area contributed by atoms with E-state index in [9.17, 15) is 14.4 Å². The zero-order valence-electron chi connectivity index (χ0n) is 21.6. The second-order valence-corrected chi connectivity index (χ2v) is 9.15. The zero-order valence-corrected chi connectivity index (χ0v) is 21.6. The summed E-state index contributed by atoms with van der Waals surface area (Å²) in [5.41, 5.74) is 0.898. The van der Waals surface area contributed by atoms with E-state index in [0.717, 1.165) is 11.1 Å². The largest absolute Gasteiger partial charge is 0.460 e. The van der Waals surface area contributed by atoms with Crippen LogP contribution >= 0.6 is 0 Å². The first-order valence-electron chi connectivity index (χ1n) is 11.7. The van der Waals surface area contributed by atoms with Crippen molar-refractivity contribution < 1.29 is 33.3 Å². The molecule has 0 aliphatic carbocycles. The van der Waals surface area contributed by atoms with Crippen molar-refractivity contribution in [1.29, 1.82) is 0 Å². The van der Waals surface area contributed by atoms with Gasteiger partial charge in [0, 0.05) is 20.8 Å². The molecule has 196 valence electrons. The fourth-order valence-electron chi connectivity index (χ4n) is 3.34. The van der Waals surface area contributed by atoms with E-state index in [4.69, 9.17) is 18.9 Å². The maximum atomic E-state index is 13.7. The summed E-state index contributed by atoms with van der Waals surface area (Å²) in [5, 5.41) is 2.54. The molecule has 0 heterocycles. The molecule has 0 radical (unpaired) electrons. The van der Waals surface area contributed by atoms with Gasteiger partial charge in [-0.2, -0.15) is 0 Å². The molecule has 0 saturated carbocycles. The molecular formula is C27H36N2O7. The summed E-state index contributed by atoms with van der Waals surface area (Å²) in [4.78, 5) is 40.4. The van der Waals surface area contributed by atoms with Crippen LogP contribution in [0.15, 0.2) is 60.7 Å². The molecule has 0 aromatic heterocycles. The molecular weight excluding hydrogens is 464 g/mol. The minimum absolute atomic E-state index is 0.0170. The highest BCUT2D eigenvalue weighted by atomic mass is 16.7. The maximum absolute atomic E-state index is 13.7. The normalized spacial score (nSPS) is 12.1. The Morgan fingerprint density at radius 2 is 1.44 bits per heavy atom. The standard InChI is InChI=1S/C27H36N2O7/c1-27(2,3)36-23(30)16-22(28-26(32)35-19-21-14-10-7-11-15-21)25(31)29(18-24(33-4)34-5)17-20-12-8-6-9-13-20/h6-15,22,24H,16-19H2,1-5H3,(H,28,32)/t22-/m0/s1. The van der Waals surface area contributed by atoms with Gasteiger partial charge in [-0.3, -0.25) is 9.59 Å². The predicted octanol–water partition coefficient (Wildman–Crippen LogP) is 3.66. The van der Waals surface area contributed by atoms with E-state index >= 15 is 0 Å². The maximum Gasteiger partial charge on any atom is 0.408 e. The molecule has 0 spiro atoms. The number of methoxy groups -OCH3 is 2. The number of nitrogens with zero attached hydrogens (tertiary/aromatic N) is 1. The lowest BCUT2D eigenvalue weighted by Crippen LogP contribution is -2.51. The van der Waals surface area contributed by atoms with Gasteiger partial charge in [0.15, 0.2) is 6.29 Å². The molecule has 0 bridgehead atoms. The fraction of sp³-hybridized carbons (Fsp3) is 0.444. The summed E-state index contributed by atoms with van der Waals surface area (Å²) >= 11 is 0. The molecule has 0 aliphatic heterocycles. The Balaban J connectivity index is 2.22. The number of carbonyl (C=O) groups excluding carboxylic acids is 3. The SMILES string of the molecule is COC(CN(Cc1ccccc1)C(=O)[C@H](CC(=O)OC(C)(C)C)NC(=O)OCc1ccccc1)OC. The summed E-state index contributed by atoms with van der Waals surface area (Å²) in [6.07, 6.45) is -1.90. The minimum Gasteiger partial charge on any atom is -0.460 e. The van der Waals surface area contributed by atoms with Crippen molar-refractivity contribution in [3.63, 3.8) is 0 Å². The Hall–Kier alpha value is -3.43.